The number of nitrogens with one attached hydrogen (secondary N) is 3. The summed E-state index contributed by atoms with van der Waals surface area (Å²) in [6.07, 6.45) is 3.06. The standard InChI is InChI=1S/C24H26N8O4/c1-34-13-16-11-15(12-18(35-2)20(16)36-3)19(29-17-7-5-14(6-8-17)21(25)26)22-30-24(33)32(31-22)23-27-9-4-10-28-23/h4-12,19,29H,13H2,1-3H3,(H3,25,26)(H,30,31,33)/t19-/m0/s1. The summed E-state index contributed by atoms with van der Waals surface area (Å²) in [5, 5.41) is 15.5. The number of H-pyrrole nitrogens is 1. The van der Waals surface area contributed by atoms with Crippen LogP contribution in [0.2, 0.25) is 0 Å². The fourth-order valence-electron chi connectivity index (χ4n) is 3.73. The van der Waals surface area contributed by atoms with E-state index in [1.807, 2.05) is 6.07 Å². The molecule has 0 radical (unpaired) electrons. The van der Waals surface area contributed by atoms with Crippen LogP contribution < -0.4 is 26.2 Å². The largest absolute Gasteiger partial charge is 0.493 e. The van der Waals surface area contributed by atoms with Gasteiger partial charge in [-0.25, -0.2) is 14.8 Å². The zero-order valence-electron chi connectivity index (χ0n) is 20.0. The van der Waals surface area contributed by atoms with E-state index in [0.29, 0.717) is 28.6 Å². The molecule has 4 rings (SSSR count). The number of hydrogen-bond donors (Lipinski definition) is 4. The lowest BCUT2D eigenvalue weighted by Crippen LogP contribution is -2.18. The van der Waals surface area contributed by atoms with Crippen LogP contribution in [0.3, 0.4) is 0 Å². The lowest BCUT2D eigenvalue weighted by atomic mass is 10.0. The van der Waals surface area contributed by atoms with Crippen molar-refractivity contribution in [2.24, 2.45) is 5.73 Å². The average Bonchev–Trinajstić information content (AvgIpc) is 3.28. The lowest BCUT2D eigenvalue weighted by Gasteiger charge is -2.21. The van der Waals surface area contributed by atoms with Crippen molar-refractivity contribution in [2.45, 2.75) is 12.6 Å². The second kappa shape index (κ2) is 10.7. The van der Waals surface area contributed by atoms with Crippen LogP contribution in [0.25, 0.3) is 5.95 Å². The first-order chi connectivity index (χ1) is 17.4. The van der Waals surface area contributed by atoms with Crippen molar-refractivity contribution in [1.82, 2.24) is 24.7 Å². The van der Waals surface area contributed by atoms with Crippen molar-refractivity contribution in [3.8, 4) is 17.4 Å². The Labute approximate surface area is 206 Å². The Morgan fingerprint density at radius 1 is 1.14 bits per heavy atom. The first-order valence-corrected chi connectivity index (χ1v) is 10.9. The van der Waals surface area contributed by atoms with Gasteiger partial charge in [0.15, 0.2) is 17.3 Å². The number of aromatic amines is 1. The molecule has 0 aliphatic carbocycles. The highest BCUT2D eigenvalue weighted by Gasteiger charge is 2.24. The molecule has 0 amide bonds. The minimum Gasteiger partial charge on any atom is -0.493 e. The number of ether oxygens (including phenoxy) is 3. The van der Waals surface area contributed by atoms with Crippen LogP contribution in [0.4, 0.5) is 5.69 Å². The molecule has 36 heavy (non-hydrogen) atoms. The van der Waals surface area contributed by atoms with Crippen molar-refractivity contribution in [1.29, 1.82) is 5.41 Å². The Kier molecular flexibility index (Phi) is 7.25. The molecular formula is C24H26N8O4. The van der Waals surface area contributed by atoms with E-state index in [4.69, 9.17) is 25.4 Å². The van der Waals surface area contributed by atoms with Gasteiger partial charge in [-0.15, -0.1) is 9.78 Å². The monoisotopic (exact) mass is 490 g/mol. The van der Waals surface area contributed by atoms with Gasteiger partial charge in [-0.1, -0.05) is 0 Å². The van der Waals surface area contributed by atoms with Gasteiger partial charge >= 0.3 is 5.69 Å². The third kappa shape index (κ3) is 5.03. The average molecular weight is 491 g/mol. The molecule has 0 aliphatic heterocycles. The number of nitrogens with zero attached hydrogens (tertiary/aromatic N) is 4. The molecule has 0 spiro atoms. The Hall–Kier alpha value is -4.71. The van der Waals surface area contributed by atoms with Crippen LogP contribution in [0.1, 0.15) is 28.6 Å². The zero-order valence-corrected chi connectivity index (χ0v) is 20.0. The maximum Gasteiger partial charge on any atom is 0.350 e. The number of nitrogen functional groups attached to an aromatic ring is 1. The maximum absolute atomic E-state index is 12.8. The van der Waals surface area contributed by atoms with E-state index in [1.54, 1.807) is 57.7 Å². The summed E-state index contributed by atoms with van der Waals surface area (Å²) in [5.41, 5.74) is 7.87. The molecule has 4 aromatic rings. The molecular weight excluding hydrogens is 464 g/mol. The number of amidine groups is 1. The van der Waals surface area contributed by atoms with Gasteiger partial charge in [0, 0.05) is 36.3 Å². The Bertz CT molecular complexity index is 1400. The fraction of sp³-hybridized carbons (Fsp3) is 0.208. The van der Waals surface area contributed by atoms with Gasteiger partial charge in [0.1, 0.15) is 11.9 Å². The van der Waals surface area contributed by atoms with Gasteiger partial charge in [0.2, 0.25) is 0 Å². The number of hydrogen-bond acceptors (Lipinski definition) is 9. The van der Waals surface area contributed by atoms with E-state index in [1.165, 1.54) is 12.4 Å². The smallest absolute Gasteiger partial charge is 0.350 e. The highest BCUT2D eigenvalue weighted by atomic mass is 16.5. The summed E-state index contributed by atoms with van der Waals surface area (Å²) >= 11 is 0. The number of anilines is 1. The summed E-state index contributed by atoms with van der Waals surface area (Å²) in [7, 11) is 4.69. The first kappa shape index (κ1) is 24.4. The molecule has 0 fully saturated rings. The van der Waals surface area contributed by atoms with Crippen LogP contribution in [-0.2, 0) is 11.3 Å². The predicted molar refractivity (Wildman–Crippen MR) is 133 cm³/mol. The van der Waals surface area contributed by atoms with Gasteiger partial charge in [0.25, 0.3) is 5.95 Å². The number of methoxy groups -OCH3 is 3. The van der Waals surface area contributed by atoms with Crippen molar-refractivity contribution in [3.05, 3.63) is 87.9 Å². The fourth-order valence-corrected chi connectivity index (χ4v) is 3.73. The third-order valence-electron chi connectivity index (χ3n) is 5.37. The highest BCUT2D eigenvalue weighted by molar-refractivity contribution is 5.95. The predicted octanol–water partition coefficient (Wildman–Crippen LogP) is 2.00. The van der Waals surface area contributed by atoms with E-state index >= 15 is 0 Å². The first-order valence-electron chi connectivity index (χ1n) is 10.9. The van der Waals surface area contributed by atoms with E-state index < -0.39 is 11.7 Å². The van der Waals surface area contributed by atoms with Gasteiger partial charge in [0.05, 0.1) is 20.8 Å². The molecule has 2 aromatic carbocycles. The van der Waals surface area contributed by atoms with Gasteiger partial charge in [-0.2, -0.15) is 0 Å². The summed E-state index contributed by atoms with van der Waals surface area (Å²) in [5.74, 6) is 1.46. The SMILES string of the molecule is COCc1cc([C@H](Nc2ccc(C(=N)N)cc2)c2nn(-c3ncccn3)c(=O)[nH]2)cc(OC)c1OC. The Morgan fingerprint density at radius 3 is 2.47 bits per heavy atom. The van der Waals surface area contributed by atoms with Crippen LogP contribution in [0, 0.1) is 5.41 Å². The summed E-state index contributed by atoms with van der Waals surface area (Å²) < 4.78 is 17.6. The minimum absolute atomic E-state index is 0.0341. The lowest BCUT2D eigenvalue weighted by molar-refractivity contribution is 0.180. The normalized spacial score (nSPS) is 11.6. The van der Waals surface area contributed by atoms with Gasteiger partial charge < -0.3 is 25.3 Å². The molecule has 0 saturated carbocycles. The molecule has 0 aliphatic rings. The topological polar surface area (TPSA) is 166 Å². The molecule has 2 aromatic heterocycles. The molecule has 5 N–H and O–H groups in total. The number of nitrogens with two attached hydrogens (primary N) is 1. The Balaban J connectivity index is 1.84. The third-order valence-corrected chi connectivity index (χ3v) is 5.37. The second-order valence-corrected chi connectivity index (χ2v) is 7.69. The molecule has 12 nitrogen and oxygen atoms in total. The van der Waals surface area contributed by atoms with Crippen molar-refractivity contribution >= 4 is 11.5 Å². The van der Waals surface area contributed by atoms with Crippen LogP contribution in [0.5, 0.6) is 11.5 Å². The number of aromatic nitrogens is 5. The number of rotatable bonds is 10. The number of benzene rings is 2. The van der Waals surface area contributed by atoms with Crippen LogP contribution in [0.15, 0.2) is 59.7 Å². The molecule has 0 saturated heterocycles. The maximum atomic E-state index is 12.8. The van der Waals surface area contributed by atoms with E-state index in [-0.39, 0.29) is 18.4 Å². The van der Waals surface area contributed by atoms with E-state index in [0.717, 1.165) is 15.8 Å². The molecule has 1 atom stereocenters. The van der Waals surface area contributed by atoms with E-state index in [9.17, 15) is 4.79 Å². The van der Waals surface area contributed by atoms with Crippen molar-refractivity contribution in [3.63, 3.8) is 0 Å². The second-order valence-electron chi connectivity index (χ2n) is 7.69. The van der Waals surface area contributed by atoms with E-state index in [2.05, 4.69) is 25.4 Å². The zero-order chi connectivity index (χ0) is 25.7. The van der Waals surface area contributed by atoms with Crippen molar-refractivity contribution < 1.29 is 14.2 Å². The Morgan fingerprint density at radius 2 is 1.86 bits per heavy atom. The van der Waals surface area contributed by atoms with Gasteiger partial charge in [-0.05, 0) is 48.0 Å². The van der Waals surface area contributed by atoms with Gasteiger partial charge in [-0.3, -0.25) is 10.4 Å². The molecule has 12 heteroatoms. The molecule has 186 valence electrons. The quantitative estimate of drug-likeness (QED) is 0.192. The summed E-state index contributed by atoms with van der Waals surface area (Å²) in [6.45, 7) is 0.274. The summed E-state index contributed by atoms with van der Waals surface area (Å²) in [6, 6.07) is 11.8. The molecule has 2 heterocycles. The van der Waals surface area contributed by atoms with Crippen LogP contribution >= 0.6 is 0 Å². The molecule has 0 bridgehead atoms. The molecule has 0 unspecified atom stereocenters. The van der Waals surface area contributed by atoms with Crippen LogP contribution in [-0.4, -0.2) is 51.9 Å². The summed E-state index contributed by atoms with van der Waals surface area (Å²) in [4.78, 5) is 23.8. The highest BCUT2D eigenvalue weighted by Crippen LogP contribution is 2.37. The minimum atomic E-state index is -0.624. The van der Waals surface area contributed by atoms with Crippen molar-refractivity contribution in [2.75, 3.05) is 26.6 Å².